The van der Waals surface area contributed by atoms with E-state index in [1.165, 1.54) is 29.9 Å². The number of halogens is 1. The quantitative estimate of drug-likeness (QED) is 0.306. The van der Waals surface area contributed by atoms with Gasteiger partial charge in [0.05, 0.1) is 23.2 Å². The molecule has 158 valence electrons. The van der Waals surface area contributed by atoms with E-state index < -0.39 is 5.97 Å². The Balaban J connectivity index is 1.74. The van der Waals surface area contributed by atoms with Crippen molar-refractivity contribution >= 4 is 44.3 Å². The third-order valence-electron chi connectivity index (χ3n) is 4.33. The van der Waals surface area contributed by atoms with Gasteiger partial charge in [0.25, 0.3) is 5.56 Å². The van der Waals surface area contributed by atoms with Gasteiger partial charge in [-0.15, -0.1) is 5.10 Å². The topological polar surface area (TPSA) is 92.0 Å². The zero-order valence-corrected chi connectivity index (χ0v) is 19.1. The van der Waals surface area contributed by atoms with Crippen LogP contribution in [0.5, 0.6) is 17.2 Å². The van der Waals surface area contributed by atoms with Crippen LogP contribution in [-0.4, -0.2) is 34.8 Å². The summed E-state index contributed by atoms with van der Waals surface area (Å²) in [6.07, 6.45) is 1.71. The van der Waals surface area contributed by atoms with Crippen LogP contribution < -0.4 is 24.3 Å². The molecule has 0 aliphatic carbocycles. The highest BCUT2D eigenvalue weighted by molar-refractivity contribution is 9.10. The predicted molar refractivity (Wildman–Crippen MR) is 120 cm³/mol. The Bertz CT molecular complexity index is 1400. The van der Waals surface area contributed by atoms with Crippen molar-refractivity contribution in [2.45, 2.75) is 6.92 Å². The van der Waals surface area contributed by atoms with E-state index in [-0.39, 0.29) is 11.3 Å². The summed E-state index contributed by atoms with van der Waals surface area (Å²) < 4.78 is 17.9. The van der Waals surface area contributed by atoms with Crippen molar-refractivity contribution in [1.82, 2.24) is 14.6 Å². The van der Waals surface area contributed by atoms with Gasteiger partial charge in [-0.3, -0.25) is 9.59 Å². The minimum atomic E-state index is -0.462. The van der Waals surface area contributed by atoms with Crippen LogP contribution in [0.2, 0.25) is 0 Å². The van der Waals surface area contributed by atoms with Gasteiger partial charge in [0.1, 0.15) is 5.75 Å². The Morgan fingerprint density at radius 1 is 1.16 bits per heavy atom. The molecule has 0 aliphatic rings. The van der Waals surface area contributed by atoms with Crippen LogP contribution in [0.3, 0.4) is 0 Å². The van der Waals surface area contributed by atoms with Gasteiger partial charge in [-0.1, -0.05) is 11.3 Å². The SMILES string of the molecule is COc1ccc(-c2nc3s/c(=C/c4cc(Br)c(OC(C)=O)c(OC)c4)c(=O)n3n2)cc1. The molecule has 0 aliphatic heterocycles. The number of nitrogens with zero attached hydrogens (tertiary/aromatic N) is 3. The first-order valence-electron chi connectivity index (χ1n) is 9.01. The summed E-state index contributed by atoms with van der Waals surface area (Å²) in [6.45, 7) is 1.31. The van der Waals surface area contributed by atoms with Gasteiger partial charge < -0.3 is 14.2 Å². The van der Waals surface area contributed by atoms with E-state index >= 15 is 0 Å². The second-order valence-electron chi connectivity index (χ2n) is 6.40. The van der Waals surface area contributed by atoms with Crippen LogP contribution in [0, 0.1) is 0 Å². The van der Waals surface area contributed by atoms with Crippen LogP contribution >= 0.6 is 27.3 Å². The number of benzene rings is 2. The lowest BCUT2D eigenvalue weighted by Gasteiger charge is -2.10. The monoisotopic (exact) mass is 501 g/mol. The summed E-state index contributed by atoms with van der Waals surface area (Å²) in [5, 5.41) is 4.35. The maximum absolute atomic E-state index is 12.8. The summed E-state index contributed by atoms with van der Waals surface area (Å²) >= 11 is 4.61. The van der Waals surface area contributed by atoms with Gasteiger partial charge in [-0.05, 0) is 64.0 Å². The molecule has 0 spiro atoms. The summed E-state index contributed by atoms with van der Waals surface area (Å²) in [5.41, 5.74) is 1.21. The van der Waals surface area contributed by atoms with Crippen molar-refractivity contribution in [1.29, 1.82) is 0 Å². The normalized spacial score (nSPS) is 11.7. The molecule has 0 saturated carbocycles. The minimum absolute atomic E-state index is 0.272. The van der Waals surface area contributed by atoms with Gasteiger partial charge in [0, 0.05) is 12.5 Å². The largest absolute Gasteiger partial charge is 0.497 e. The molecule has 0 saturated heterocycles. The molecule has 0 bridgehead atoms. The third kappa shape index (κ3) is 4.17. The third-order valence-corrected chi connectivity index (χ3v) is 5.87. The molecule has 0 N–H and O–H groups in total. The summed E-state index contributed by atoms with van der Waals surface area (Å²) in [5.74, 6) is 1.38. The Hall–Kier alpha value is -3.24. The van der Waals surface area contributed by atoms with E-state index in [9.17, 15) is 9.59 Å². The molecule has 31 heavy (non-hydrogen) atoms. The van der Waals surface area contributed by atoms with Crippen LogP contribution in [-0.2, 0) is 4.79 Å². The molecule has 2 heterocycles. The van der Waals surface area contributed by atoms with Gasteiger partial charge >= 0.3 is 5.97 Å². The smallest absolute Gasteiger partial charge is 0.308 e. The number of ether oxygens (including phenoxy) is 3. The standard InChI is InChI=1S/C21H16BrN3O5S/c1-11(26)30-18-15(22)8-12(9-16(18)29-3)10-17-20(27)25-21(31-17)23-19(24-25)13-4-6-14(28-2)7-5-13/h4-10H,1-3H3/b17-10+. The zero-order valence-electron chi connectivity index (χ0n) is 16.7. The summed E-state index contributed by atoms with van der Waals surface area (Å²) in [4.78, 5) is 29.1. The molecule has 8 nitrogen and oxygen atoms in total. The van der Waals surface area contributed by atoms with E-state index in [1.807, 2.05) is 24.3 Å². The average molecular weight is 502 g/mol. The second kappa shape index (κ2) is 8.48. The number of hydrogen-bond donors (Lipinski definition) is 0. The van der Waals surface area contributed by atoms with E-state index in [2.05, 4.69) is 26.0 Å². The fourth-order valence-electron chi connectivity index (χ4n) is 2.91. The molecule has 2 aromatic heterocycles. The number of carbonyl (C=O) groups is 1. The number of thiazole rings is 1. The van der Waals surface area contributed by atoms with Gasteiger partial charge in [0.2, 0.25) is 4.96 Å². The number of aromatic nitrogens is 3. The Morgan fingerprint density at radius 2 is 1.90 bits per heavy atom. The Labute approximate surface area is 188 Å². The fraction of sp³-hybridized carbons (Fsp3) is 0.143. The highest BCUT2D eigenvalue weighted by Crippen LogP contribution is 2.37. The molecular formula is C21H16BrN3O5S. The lowest BCUT2D eigenvalue weighted by molar-refractivity contribution is -0.132. The molecule has 0 unspecified atom stereocenters. The summed E-state index contributed by atoms with van der Waals surface area (Å²) in [7, 11) is 3.07. The molecule has 0 fully saturated rings. The van der Waals surface area contributed by atoms with Crippen molar-refractivity contribution in [3.05, 3.63) is 61.3 Å². The molecule has 0 amide bonds. The van der Waals surface area contributed by atoms with Crippen LogP contribution in [0.1, 0.15) is 12.5 Å². The van der Waals surface area contributed by atoms with E-state index in [4.69, 9.17) is 14.2 Å². The first kappa shape index (κ1) is 21.0. The summed E-state index contributed by atoms with van der Waals surface area (Å²) in [6, 6.07) is 10.7. The highest BCUT2D eigenvalue weighted by atomic mass is 79.9. The number of rotatable bonds is 5. The average Bonchev–Trinajstić information content (AvgIpc) is 3.29. The van der Waals surface area contributed by atoms with E-state index in [0.29, 0.717) is 31.1 Å². The number of methoxy groups -OCH3 is 2. The number of fused-ring (bicyclic) bond motifs is 1. The predicted octanol–water partition coefficient (Wildman–Crippen LogP) is 3.07. The molecule has 4 rings (SSSR count). The maximum Gasteiger partial charge on any atom is 0.308 e. The Morgan fingerprint density at radius 3 is 2.52 bits per heavy atom. The molecule has 0 atom stereocenters. The molecule has 4 aromatic rings. The lowest BCUT2D eigenvalue weighted by Crippen LogP contribution is -2.23. The number of carbonyl (C=O) groups excluding carboxylic acids is 1. The highest BCUT2D eigenvalue weighted by Gasteiger charge is 2.15. The van der Waals surface area contributed by atoms with Crippen molar-refractivity contribution in [2.75, 3.05) is 14.2 Å². The van der Waals surface area contributed by atoms with Gasteiger partial charge in [0.15, 0.2) is 17.3 Å². The molecule has 0 radical (unpaired) electrons. The number of esters is 1. The van der Waals surface area contributed by atoms with Crippen LogP contribution in [0.15, 0.2) is 45.7 Å². The Kier molecular flexibility index (Phi) is 5.75. The van der Waals surface area contributed by atoms with Crippen LogP contribution in [0.25, 0.3) is 22.4 Å². The lowest BCUT2D eigenvalue weighted by atomic mass is 10.2. The van der Waals surface area contributed by atoms with E-state index in [1.54, 1.807) is 25.3 Å². The minimum Gasteiger partial charge on any atom is -0.497 e. The van der Waals surface area contributed by atoms with Crippen molar-refractivity contribution in [2.24, 2.45) is 0 Å². The van der Waals surface area contributed by atoms with Crippen molar-refractivity contribution in [3.8, 4) is 28.6 Å². The first-order valence-corrected chi connectivity index (χ1v) is 10.6. The van der Waals surface area contributed by atoms with Gasteiger partial charge in [-0.2, -0.15) is 9.50 Å². The second-order valence-corrected chi connectivity index (χ2v) is 8.27. The number of hydrogen-bond acceptors (Lipinski definition) is 8. The molecular weight excluding hydrogens is 486 g/mol. The van der Waals surface area contributed by atoms with Gasteiger partial charge in [-0.25, -0.2) is 0 Å². The van der Waals surface area contributed by atoms with Crippen molar-refractivity contribution in [3.63, 3.8) is 0 Å². The first-order chi connectivity index (χ1) is 14.9. The molecule has 2 aromatic carbocycles. The zero-order chi connectivity index (χ0) is 22.1. The van der Waals surface area contributed by atoms with Crippen molar-refractivity contribution < 1.29 is 19.0 Å². The maximum atomic E-state index is 12.8. The fourth-order valence-corrected chi connectivity index (χ4v) is 4.36. The van der Waals surface area contributed by atoms with E-state index in [0.717, 1.165) is 11.3 Å². The van der Waals surface area contributed by atoms with Crippen LogP contribution in [0.4, 0.5) is 0 Å². The molecule has 10 heteroatoms.